The van der Waals surface area contributed by atoms with Gasteiger partial charge >= 0.3 is 0 Å². The second kappa shape index (κ2) is 4.48. The Morgan fingerprint density at radius 2 is 2.29 bits per heavy atom. The molecule has 0 aliphatic carbocycles. The van der Waals surface area contributed by atoms with Gasteiger partial charge in [-0.15, -0.1) is 6.42 Å². The summed E-state index contributed by atoms with van der Waals surface area (Å²) in [6, 6.07) is 5.56. The fourth-order valence-electron chi connectivity index (χ4n) is 1.13. The molecule has 0 atom stereocenters. The van der Waals surface area contributed by atoms with Gasteiger partial charge in [0.15, 0.2) is 5.78 Å². The molecule has 1 aromatic rings. The van der Waals surface area contributed by atoms with Crippen molar-refractivity contribution < 1.29 is 9.53 Å². The maximum atomic E-state index is 10.8. The predicted octanol–water partition coefficient (Wildman–Crippen LogP) is 1.94. The van der Waals surface area contributed by atoms with Crippen LogP contribution in [0.3, 0.4) is 0 Å². The van der Waals surface area contributed by atoms with E-state index in [2.05, 4.69) is 5.92 Å². The number of hydrogen-bond donors (Lipinski definition) is 0. The van der Waals surface area contributed by atoms with E-state index < -0.39 is 0 Å². The van der Waals surface area contributed by atoms with E-state index in [0.29, 0.717) is 11.3 Å². The number of terminal acetylenes is 1. The maximum absolute atomic E-state index is 10.8. The molecule has 0 heterocycles. The number of ketones is 1. The van der Waals surface area contributed by atoms with Crippen LogP contribution in [-0.2, 0) is 4.79 Å². The van der Waals surface area contributed by atoms with Gasteiger partial charge in [0.2, 0.25) is 0 Å². The van der Waals surface area contributed by atoms with Gasteiger partial charge in [0.25, 0.3) is 0 Å². The van der Waals surface area contributed by atoms with Crippen LogP contribution in [0.4, 0.5) is 0 Å². The fourth-order valence-corrected chi connectivity index (χ4v) is 1.13. The number of para-hydroxylation sites is 1. The molecule has 0 amide bonds. The molecule has 0 saturated heterocycles. The first-order chi connectivity index (χ1) is 6.65. The van der Waals surface area contributed by atoms with Crippen LogP contribution in [0.25, 0.3) is 0 Å². The number of benzene rings is 1. The number of carbonyl (C=O) groups excluding carboxylic acids is 1. The highest BCUT2D eigenvalue weighted by Crippen LogP contribution is 2.22. The highest BCUT2D eigenvalue weighted by atomic mass is 16.5. The summed E-state index contributed by atoms with van der Waals surface area (Å²) < 4.78 is 5.33. The molecular weight excluding hydrogens is 176 g/mol. The molecule has 1 aromatic carbocycles. The van der Waals surface area contributed by atoms with Crippen molar-refractivity contribution in [1.29, 1.82) is 0 Å². The number of hydrogen-bond acceptors (Lipinski definition) is 2. The van der Waals surface area contributed by atoms with Crippen molar-refractivity contribution in [3.05, 3.63) is 29.3 Å². The van der Waals surface area contributed by atoms with Crippen LogP contribution in [0.1, 0.15) is 18.1 Å². The van der Waals surface area contributed by atoms with E-state index >= 15 is 0 Å². The molecule has 0 saturated carbocycles. The minimum absolute atomic E-state index is 0.0174. The van der Waals surface area contributed by atoms with E-state index in [1.54, 1.807) is 6.07 Å². The molecule has 0 aliphatic heterocycles. The summed E-state index contributed by atoms with van der Waals surface area (Å²) in [5.41, 5.74) is 1.63. The normalized spacial score (nSPS) is 9.21. The average Bonchev–Trinajstić information content (AvgIpc) is 2.15. The molecule has 0 aromatic heterocycles. The highest BCUT2D eigenvalue weighted by molar-refractivity contribution is 5.77. The Hall–Kier alpha value is -1.75. The molecule has 0 radical (unpaired) electrons. The zero-order valence-electron chi connectivity index (χ0n) is 8.33. The van der Waals surface area contributed by atoms with Crippen molar-refractivity contribution in [3.8, 4) is 18.1 Å². The lowest BCUT2D eigenvalue weighted by Gasteiger charge is -2.09. The number of carbonyl (C=O) groups is 1. The van der Waals surface area contributed by atoms with Gasteiger partial charge in [-0.3, -0.25) is 4.79 Å². The average molecular weight is 188 g/mol. The highest BCUT2D eigenvalue weighted by Gasteiger charge is 2.05. The molecule has 2 heteroatoms. The van der Waals surface area contributed by atoms with Crippen molar-refractivity contribution in [3.63, 3.8) is 0 Å². The first-order valence-corrected chi connectivity index (χ1v) is 4.33. The molecule has 0 aliphatic rings. The Labute approximate surface area is 83.9 Å². The Bertz CT molecular complexity index is 386. The van der Waals surface area contributed by atoms with Crippen LogP contribution in [-0.4, -0.2) is 12.4 Å². The molecule has 0 unspecified atom stereocenters. The largest absolute Gasteiger partial charge is 0.484 e. The predicted molar refractivity (Wildman–Crippen MR) is 55.3 cm³/mol. The van der Waals surface area contributed by atoms with Crippen molar-refractivity contribution in [2.75, 3.05) is 6.61 Å². The van der Waals surface area contributed by atoms with E-state index in [0.717, 1.165) is 5.56 Å². The number of Topliss-reactive ketones (excluding diaryl/α,β-unsaturated/α-hetero) is 1. The first-order valence-electron chi connectivity index (χ1n) is 4.33. The second-order valence-electron chi connectivity index (χ2n) is 3.09. The molecule has 0 bridgehead atoms. The third kappa shape index (κ3) is 2.37. The number of rotatable bonds is 3. The van der Waals surface area contributed by atoms with Crippen molar-refractivity contribution in [2.24, 2.45) is 0 Å². The SMILES string of the molecule is C#Cc1cccc(C)c1OCC(C)=O. The van der Waals surface area contributed by atoms with Crippen molar-refractivity contribution in [2.45, 2.75) is 13.8 Å². The topological polar surface area (TPSA) is 26.3 Å². The molecule has 0 fully saturated rings. The van der Waals surface area contributed by atoms with Crippen molar-refractivity contribution >= 4 is 5.78 Å². The Balaban J connectivity index is 2.94. The minimum Gasteiger partial charge on any atom is -0.484 e. The summed E-state index contributed by atoms with van der Waals surface area (Å²) >= 11 is 0. The van der Waals surface area contributed by atoms with E-state index in [1.165, 1.54) is 6.92 Å². The summed E-state index contributed by atoms with van der Waals surface area (Å²) in [5, 5.41) is 0. The van der Waals surface area contributed by atoms with Crippen molar-refractivity contribution in [1.82, 2.24) is 0 Å². The van der Waals surface area contributed by atoms with Crippen LogP contribution >= 0.6 is 0 Å². The zero-order valence-corrected chi connectivity index (χ0v) is 8.33. The minimum atomic E-state index is -0.0174. The summed E-state index contributed by atoms with van der Waals surface area (Å²) in [5.74, 6) is 3.14. The van der Waals surface area contributed by atoms with Gasteiger partial charge in [-0.05, 0) is 25.5 Å². The standard InChI is InChI=1S/C12H12O2/c1-4-11-7-5-6-9(2)12(11)14-8-10(3)13/h1,5-7H,8H2,2-3H3. The zero-order chi connectivity index (χ0) is 10.6. The maximum Gasteiger partial charge on any atom is 0.167 e. The first kappa shape index (κ1) is 10.3. The Kier molecular flexibility index (Phi) is 3.30. The molecule has 72 valence electrons. The quantitative estimate of drug-likeness (QED) is 0.677. The lowest BCUT2D eigenvalue weighted by Crippen LogP contribution is -2.08. The molecule has 2 nitrogen and oxygen atoms in total. The van der Waals surface area contributed by atoms with Crippen LogP contribution in [0.2, 0.25) is 0 Å². The van der Waals surface area contributed by atoms with Gasteiger partial charge in [0.05, 0.1) is 5.56 Å². The van der Waals surface area contributed by atoms with Crippen LogP contribution in [0.15, 0.2) is 18.2 Å². The summed E-state index contributed by atoms with van der Waals surface area (Å²) in [6.07, 6.45) is 5.31. The molecule has 14 heavy (non-hydrogen) atoms. The smallest absolute Gasteiger partial charge is 0.167 e. The third-order valence-electron chi connectivity index (χ3n) is 1.79. The molecule has 0 N–H and O–H groups in total. The summed E-state index contributed by atoms with van der Waals surface area (Å²) in [7, 11) is 0. The lowest BCUT2D eigenvalue weighted by atomic mass is 10.1. The Morgan fingerprint density at radius 1 is 1.57 bits per heavy atom. The van der Waals surface area contributed by atoms with E-state index in [4.69, 9.17) is 11.2 Å². The van der Waals surface area contributed by atoms with Gasteiger partial charge in [-0.1, -0.05) is 18.1 Å². The van der Waals surface area contributed by atoms with Gasteiger partial charge in [-0.25, -0.2) is 0 Å². The number of ether oxygens (including phenoxy) is 1. The molecule has 0 spiro atoms. The van der Waals surface area contributed by atoms with Crippen LogP contribution < -0.4 is 4.74 Å². The van der Waals surface area contributed by atoms with Gasteiger partial charge < -0.3 is 4.74 Å². The number of aryl methyl sites for hydroxylation is 1. The van der Waals surface area contributed by atoms with Gasteiger partial charge in [-0.2, -0.15) is 0 Å². The second-order valence-corrected chi connectivity index (χ2v) is 3.09. The summed E-state index contributed by atoms with van der Waals surface area (Å²) in [4.78, 5) is 10.8. The third-order valence-corrected chi connectivity index (χ3v) is 1.79. The van der Waals surface area contributed by atoms with Crippen LogP contribution in [0, 0.1) is 19.3 Å². The van der Waals surface area contributed by atoms with Gasteiger partial charge in [0.1, 0.15) is 12.4 Å². The Morgan fingerprint density at radius 3 is 2.86 bits per heavy atom. The van der Waals surface area contributed by atoms with E-state index in [9.17, 15) is 4.79 Å². The monoisotopic (exact) mass is 188 g/mol. The fraction of sp³-hybridized carbons (Fsp3) is 0.250. The lowest BCUT2D eigenvalue weighted by molar-refractivity contribution is -0.118. The molecular formula is C12H12O2. The van der Waals surface area contributed by atoms with E-state index in [-0.39, 0.29) is 12.4 Å². The summed E-state index contributed by atoms with van der Waals surface area (Å²) in [6.45, 7) is 3.45. The molecule has 1 rings (SSSR count). The van der Waals surface area contributed by atoms with E-state index in [1.807, 2.05) is 19.1 Å². The van der Waals surface area contributed by atoms with Crippen LogP contribution in [0.5, 0.6) is 5.75 Å². The van der Waals surface area contributed by atoms with Gasteiger partial charge in [0, 0.05) is 0 Å².